The lowest BCUT2D eigenvalue weighted by Gasteiger charge is -2.39. The number of nitrogens with one attached hydrogen (secondary N) is 1. The van der Waals surface area contributed by atoms with Crippen LogP contribution < -0.4 is 5.32 Å². The molecule has 1 aliphatic rings. The van der Waals surface area contributed by atoms with E-state index in [1.54, 1.807) is 43.6 Å². The fourth-order valence-electron chi connectivity index (χ4n) is 4.01. The Morgan fingerprint density at radius 3 is 2.25 bits per heavy atom. The van der Waals surface area contributed by atoms with E-state index in [2.05, 4.69) is 19.2 Å². The Bertz CT molecular complexity index is 727. The lowest BCUT2D eigenvalue weighted by molar-refractivity contribution is -0.141. The average molecular weight is 470 g/mol. The van der Waals surface area contributed by atoms with Crippen molar-refractivity contribution < 1.29 is 19.1 Å². The van der Waals surface area contributed by atoms with Crippen molar-refractivity contribution in [2.45, 2.75) is 85.2 Å². The van der Waals surface area contributed by atoms with E-state index in [1.165, 1.54) is 0 Å². The first-order chi connectivity index (χ1) is 14.5. The fraction of sp³-hybridized carbons (Fsp3) is 0.792. The molecule has 0 bridgehead atoms. The molecule has 3 atom stereocenters. The van der Waals surface area contributed by atoms with Crippen LogP contribution in [0.2, 0.25) is 0 Å². The largest absolute Gasteiger partial charge is 0.463 e. The predicted octanol–water partition coefficient (Wildman–Crippen LogP) is 3.29. The molecule has 1 heterocycles. The van der Waals surface area contributed by atoms with Crippen LogP contribution in [0, 0.1) is 11.3 Å². The van der Waals surface area contributed by atoms with E-state index >= 15 is 0 Å². The minimum Gasteiger partial charge on any atom is -0.463 e. The van der Waals surface area contributed by atoms with Crippen LogP contribution in [0.4, 0.5) is 0 Å². The van der Waals surface area contributed by atoms with Crippen LogP contribution >= 0.6 is 11.8 Å². The highest BCUT2D eigenvalue weighted by molar-refractivity contribution is 8.00. The smallest absolute Gasteiger partial charge is 0.333 e. The molecule has 0 unspecified atom stereocenters. The molecular weight excluding hydrogens is 426 g/mol. The summed E-state index contributed by atoms with van der Waals surface area (Å²) in [5.74, 6) is 0.142. The van der Waals surface area contributed by atoms with Crippen LogP contribution in [-0.4, -0.2) is 77.0 Å². The van der Waals surface area contributed by atoms with Crippen molar-refractivity contribution in [3.63, 3.8) is 0 Å². The average Bonchev–Trinajstić information content (AvgIpc) is 2.94. The molecule has 1 N–H and O–H groups in total. The number of ether oxygens (including phenoxy) is 1. The van der Waals surface area contributed by atoms with Gasteiger partial charge in [0, 0.05) is 23.2 Å². The van der Waals surface area contributed by atoms with Crippen LogP contribution in [0.5, 0.6) is 0 Å². The number of hydrogen-bond acceptors (Lipinski definition) is 6. The van der Waals surface area contributed by atoms with Gasteiger partial charge in [-0.15, -0.1) is 11.8 Å². The van der Waals surface area contributed by atoms with E-state index in [0.29, 0.717) is 12.2 Å². The van der Waals surface area contributed by atoms with Crippen LogP contribution in [0.25, 0.3) is 0 Å². The number of likely N-dealkylation sites (N-methyl/N-ethyl adjacent to an activating group) is 2. The fourth-order valence-corrected chi connectivity index (χ4v) is 5.14. The van der Waals surface area contributed by atoms with Crippen LogP contribution in [0.15, 0.2) is 11.6 Å². The molecule has 8 heteroatoms. The summed E-state index contributed by atoms with van der Waals surface area (Å²) in [7, 11) is 3.66. The molecule has 0 aromatic heterocycles. The molecule has 7 nitrogen and oxygen atoms in total. The highest BCUT2D eigenvalue weighted by Gasteiger charge is 2.46. The summed E-state index contributed by atoms with van der Waals surface area (Å²) in [5, 5.41) is 3.06. The third-order valence-corrected chi connectivity index (χ3v) is 7.39. The first kappa shape index (κ1) is 28.5. The number of carbonyl (C=O) groups is 3. The zero-order valence-corrected chi connectivity index (χ0v) is 22.6. The Hall–Kier alpha value is -1.54. The molecule has 1 saturated heterocycles. The summed E-state index contributed by atoms with van der Waals surface area (Å²) in [4.78, 5) is 42.7. The van der Waals surface area contributed by atoms with E-state index < -0.39 is 11.5 Å². The molecule has 32 heavy (non-hydrogen) atoms. The number of carbonyl (C=O) groups excluding carboxylic acids is 3. The normalized spacial score (nSPS) is 21.2. The molecular formula is C24H43N3O4S. The second-order valence-corrected chi connectivity index (χ2v) is 12.2. The van der Waals surface area contributed by atoms with Crippen molar-refractivity contribution in [2.24, 2.45) is 11.3 Å². The molecule has 0 aromatic carbocycles. The van der Waals surface area contributed by atoms with Gasteiger partial charge in [-0.2, -0.15) is 0 Å². The minimum atomic E-state index is -0.702. The predicted molar refractivity (Wildman–Crippen MR) is 131 cm³/mol. The van der Waals surface area contributed by atoms with Gasteiger partial charge in [0.05, 0.1) is 12.6 Å². The maximum atomic E-state index is 13.7. The van der Waals surface area contributed by atoms with E-state index in [4.69, 9.17) is 4.74 Å². The van der Waals surface area contributed by atoms with Crippen molar-refractivity contribution in [3.05, 3.63) is 11.6 Å². The van der Waals surface area contributed by atoms with Crippen molar-refractivity contribution in [3.8, 4) is 0 Å². The Balaban J connectivity index is 3.18. The topological polar surface area (TPSA) is 79.0 Å². The highest BCUT2D eigenvalue weighted by Crippen LogP contribution is 2.38. The Morgan fingerprint density at radius 2 is 1.84 bits per heavy atom. The van der Waals surface area contributed by atoms with Crippen LogP contribution in [0.3, 0.4) is 0 Å². The quantitative estimate of drug-likeness (QED) is 0.434. The maximum Gasteiger partial charge on any atom is 0.333 e. The van der Waals surface area contributed by atoms with Gasteiger partial charge in [-0.1, -0.05) is 40.7 Å². The van der Waals surface area contributed by atoms with E-state index in [9.17, 15) is 14.4 Å². The standard InChI is InChI=1S/C24H43N3O4S/c1-12-31-22(30)16(4)13-17(15(2)3)27(11)21(29)18(23(5,6)7)25-20(28)19-24(8,9)32-14-26(19)10/h13,15,17-19H,12,14H2,1-11H3,(H,25,28)/b16-13+/t17-,18-,19+/m1/s1. The van der Waals surface area contributed by atoms with E-state index in [0.717, 1.165) is 5.88 Å². The van der Waals surface area contributed by atoms with Crippen molar-refractivity contribution in [1.29, 1.82) is 0 Å². The minimum absolute atomic E-state index is 0.0703. The maximum absolute atomic E-state index is 13.7. The Kier molecular flexibility index (Phi) is 9.84. The van der Waals surface area contributed by atoms with Gasteiger partial charge in [-0.3, -0.25) is 14.5 Å². The molecule has 0 aromatic rings. The number of esters is 1. The summed E-state index contributed by atoms with van der Waals surface area (Å²) in [5.41, 5.74) is -0.0235. The molecule has 0 radical (unpaired) electrons. The van der Waals surface area contributed by atoms with Crippen LogP contribution in [0.1, 0.15) is 62.3 Å². The molecule has 0 saturated carbocycles. The van der Waals surface area contributed by atoms with Gasteiger partial charge in [0.15, 0.2) is 0 Å². The van der Waals surface area contributed by atoms with Gasteiger partial charge in [0.2, 0.25) is 11.8 Å². The molecule has 0 spiro atoms. The number of hydrogen-bond donors (Lipinski definition) is 1. The monoisotopic (exact) mass is 469 g/mol. The van der Waals surface area contributed by atoms with Gasteiger partial charge in [0.1, 0.15) is 12.1 Å². The lowest BCUT2D eigenvalue weighted by atomic mass is 9.84. The third kappa shape index (κ3) is 6.98. The summed E-state index contributed by atoms with van der Waals surface area (Å²) >= 11 is 1.73. The molecule has 0 aliphatic carbocycles. The number of nitrogens with zero attached hydrogens (tertiary/aromatic N) is 2. The molecule has 1 rings (SSSR count). The molecule has 1 fully saturated rings. The summed E-state index contributed by atoms with van der Waals surface area (Å²) in [6, 6.07) is -1.33. The van der Waals surface area contributed by atoms with Gasteiger partial charge in [-0.25, -0.2) is 4.79 Å². The first-order valence-electron chi connectivity index (χ1n) is 11.3. The number of rotatable bonds is 8. The number of amides is 2. The van der Waals surface area contributed by atoms with Gasteiger partial charge in [0.25, 0.3) is 0 Å². The van der Waals surface area contributed by atoms with Crippen molar-refractivity contribution in [1.82, 2.24) is 15.1 Å². The molecule has 2 amide bonds. The molecule has 1 aliphatic heterocycles. The summed E-state index contributed by atoms with van der Waals surface area (Å²) < 4.78 is 4.85. The van der Waals surface area contributed by atoms with E-state index in [1.807, 2.05) is 46.6 Å². The Labute approximate surface area is 198 Å². The lowest BCUT2D eigenvalue weighted by Crippen LogP contribution is -2.60. The molecule has 184 valence electrons. The highest BCUT2D eigenvalue weighted by atomic mass is 32.2. The first-order valence-corrected chi connectivity index (χ1v) is 12.3. The third-order valence-electron chi connectivity index (χ3n) is 5.88. The Morgan fingerprint density at radius 1 is 1.28 bits per heavy atom. The van der Waals surface area contributed by atoms with E-state index in [-0.39, 0.29) is 40.5 Å². The summed E-state index contributed by atoms with van der Waals surface area (Å²) in [6.07, 6.45) is 1.78. The van der Waals surface area contributed by atoms with Crippen LogP contribution in [-0.2, 0) is 19.1 Å². The zero-order chi connectivity index (χ0) is 25.0. The second-order valence-electron chi connectivity index (χ2n) is 10.6. The van der Waals surface area contributed by atoms with Gasteiger partial charge < -0.3 is 15.0 Å². The van der Waals surface area contributed by atoms with Crippen molar-refractivity contribution >= 4 is 29.5 Å². The number of thioether (sulfide) groups is 1. The second kappa shape index (κ2) is 11.1. The zero-order valence-electron chi connectivity index (χ0n) is 21.7. The SMILES string of the molecule is CCOC(=O)/C(C)=C/[C@H](C(C)C)N(C)C(=O)[C@@H](NC(=O)[C@@H]1N(C)CSC1(C)C)C(C)(C)C. The van der Waals surface area contributed by atoms with Gasteiger partial charge >= 0.3 is 5.97 Å². The van der Waals surface area contributed by atoms with Crippen molar-refractivity contribution in [2.75, 3.05) is 26.6 Å². The summed E-state index contributed by atoms with van der Waals surface area (Å²) in [6.45, 7) is 17.7. The van der Waals surface area contributed by atoms with Gasteiger partial charge in [-0.05, 0) is 46.1 Å².